The third kappa shape index (κ3) is 3.35. The lowest BCUT2D eigenvalue weighted by molar-refractivity contribution is -0.125. The second kappa shape index (κ2) is 6.03. The smallest absolute Gasteiger partial charge is 0.237 e. The Morgan fingerprint density at radius 2 is 1.95 bits per heavy atom. The Labute approximate surface area is 121 Å². The summed E-state index contributed by atoms with van der Waals surface area (Å²) in [6, 6.07) is 7.55. The van der Waals surface area contributed by atoms with Crippen LogP contribution in [-0.2, 0) is 15.1 Å². The van der Waals surface area contributed by atoms with Gasteiger partial charge in [0.2, 0.25) is 5.91 Å². The summed E-state index contributed by atoms with van der Waals surface area (Å²) in [6.07, 6.45) is 1.54. The quantitative estimate of drug-likeness (QED) is 0.891. The number of hydrogen-bond donors (Lipinski definition) is 2. The summed E-state index contributed by atoms with van der Waals surface area (Å²) in [5.74, 6) is -0.121. The average molecular weight is 327 g/mol. The maximum Gasteiger partial charge on any atom is 0.237 e. The molecule has 0 aliphatic carbocycles. The van der Waals surface area contributed by atoms with Crippen LogP contribution in [0.4, 0.5) is 0 Å². The molecule has 3 N–H and O–H groups in total. The molecule has 0 saturated carbocycles. The molecule has 1 aromatic carbocycles. The van der Waals surface area contributed by atoms with Crippen molar-refractivity contribution >= 4 is 21.8 Å². The van der Waals surface area contributed by atoms with Gasteiger partial charge in [-0.3, -0.25) is 4.79 Å². The van der Waals surface area contributed by atoms with Crippen molar-refractivity contribution in [3.8, 4) is 0 Å². The van der Waals surface area contributed by atoms with Gasteiger partial charge in [-0.15, -0.1) is 0 Å². The van der Waals surface area contributed by atoms with E-state index in [0.29, 0.717) is 13.2 Å². The summed E-state index contributed by atoms with van der Waals surface area (Å²) in [7, 11) is 0. The number of carbonyl (C=O) groups excluding carboxylic acids is 1. The third-order valence-electron chi connectivity index (χ3n) is 3.52. The summed E-state index contributed by atoms with van der Waals surface area (Å²) in [5, 5.41) is 3.11. The highest BCUT2D eigenvalue weighted by Gasteiger charge is 2.36. The van der Waals surface area contributed by atoms with E-state index in [-0.39, 0.29) is 11.4 Å². The summed E-state index contributed by atoms with van der Waals surface area (Å²) in [6.45, 7) is 2.99. The first-order valence-electron chi connectivity index (χ1n) is 6.45. The van der Waals surface area contributed by atoms with Gasteiger partial charge in [0.05, 0.1) is 11.6 Å². The number of halogens is 1. The molecule has 1 aromatic rings. The van der Waals surface area contributed by atoms with E-state index in [1.54, 1.807) is 6.92 Å². The van der Waals surface area contributed by atoms with E-state index >= 15 is 0 Å². The monoisotopic (exact) mass is 326 g/mol. The molecule has 0 unspecified atom stereocenters. The zero-order valence-electron chi connectivity index (χ0n) is 11.0. The van der Waals surface area contributed by atoms with Gasteiger partial charge >= 0.3 is 0 Å². The molecule has 0 bridgehead atoms. The Morgan fingerprint density at radius 1 is 1.37 bits per heavy atom. The molecule has 1 amide bonds. The number of amides is 1. The number of ether oxygens (including phenoxy) is 1. The molecule has 1 aliphatic rings. The van der Waals surface area contributed by atoms with Crippen LogP contribution in [0, 0.1) is 0 Å². The van der Waals surface area contributed by atoms with Crippen molar-refractivity contribution in [2.45, 2.75) is 31.3 Å². The third-order valence-corrected chi connectivity index (χ3v) is 4.05. The highest BCUT2D eigenvalue weighted by molar-refractivity contribution is 9.10. The van der Waals surface area contributed by atoms with Crippen LogP contribution in [0.25, 0.3) is 0 Å². The fourth-order valence-electron chi connectivity index (χ4n) is 2.32. The van der Waals surface area contributed by atoms with Crippen molar-refractivity contribution in [1.29, 1.82) is 0 Å². The standard InChI is InChI=1S/C14H19BrN2O2/c1-10(16)13(18)17-14(6-8-19-9-7-14)11-2-4-12(15)5-3-11/h2-5,10H,6-9,16H2,1H3,(H,17,18)/t10-/m0/s1. The fraction of sp³-hybridized carbons (Fsp3) is 0.500. The van der Waals surface area contributed by atoms with Gasteiger partial charge in [0.15, 0.2) is 0 Å². The molecule has 2 rings (SSSR count). The van der Waals surface area contributed by atoms with Crippen LogP contribution in [0.1, 0.15) is 25.3 Å². The molecule has 1 aliphatic heterocycles. The zero-order chi connectivity index (χ0) is 13.9. The number of rotatable bonds is 3. The second-order valence-electron chi connectivity index (χ2n) is 4.98. The molecule has 1 atom stereocenters. The van der Waals surface area contributed by atoms with E-state index in [0.717, 1.165) is 22.9 Å². The Hall–Kier alpha value is -0.910. The van der Waals surface area contributed by atoms with Crippen molar-refractivity contribution in [1.82, 2.24) is 5.32 Å². The molecular formula is C14H19BrN2O2. The van der Waals surface area contributed by atoms with Crippen molar-refractivity contribution < 1.29 is 9.53 Å². The minimum absolute atomic E-state index is 0.121. The highest BCUT2D eigenvalue weighted by Crippen LogP contribution is 2.32. The first-order chi connectivity index (χ1) is 9.03. The largest absolute Gasteiger partial charge is 0.381 e. The van der Waals surface area contributed by atoms with Gasteiger partial charge in [0, 0.05) is 17.7 Å². The summed E-state index contributed by atoms with van der Waals surface area (Å²) in [4.78, 5) is 12.0. The topological polar surface area (TPSA) is 64.4 Å². The average Bonchev–Trinajstić information content (AvgIpc) is 2.40. The van der Waals surface area contributed by atoms with Gasteiger partial charge < -0.3 is 15.8 Å². The molecule has 1 saturated heterocycles. The fourth-order valence-corrected chi connectivity index (χ4v) is 2.59. The van der Waals surface area contributed by atoms with Gasteiger partial charge in [-0.2, -0.15) is 0 Å². The van der Waals surface area contributed by atoms with Gasteiger partial charge in [-0.05, 0) is 37.5 Å². The van der Waals surface area contributed by atoms with Crippen molar-refractivity contribution in [3.05, 3.63) is 34.3 Å². The summed E-state index contributed by atoms with van der Waals surface area (Å²) < 4.78 is 6.45. The number of hydrogen-bond acceptors (Lipinski definition) is 3. The van der Waals surface area contributed by atoms with Gasteiger partial charge in [0.1, 0.15) is 0 Å². The predicted molar refractivity (Wildman–Crippen MR) is 77.7 cm³/mol. The molecule has 0 spiro atoms. The molecule has 0 radical (unpaired) electrons. The number of nitrogens with two attached hydrogens (primary N) is 1. The molecular weight excluding hydrogens is 308 g/mol. The van der Waals surface area contributed by atoms with Crippen molar-refractivity contribution in [2.75, 3.05) is 13.2 Å². The van der Waals surface area contributed by atoms with E-state index in [1.807, 2.05) is 24.3 Å². The lowest BCUT2D eigenvalue weighted by Crippen LogP contribution is -2.53. The molecule has 1 heterocycles. The van der Waals surface area contributed by atoms with Crippen molar-refractivity contribution in [2.24, 2.45) is 5.73 Å². The van der Waals surface area contributed by atoms with Crippen LogP contribution in [0.15, 0.2) is 28.7 Å². The van der Waals surface area contributed by atoms with E-state index in [4.69, 9.17) is 10.5 Å². The Balaban J connectivity index is 2.28. The molecule has 0 aromatic heterocycles. The van der Waals surface area contributed by atoms with Gasteiger partial charge in [-0.1, -0.05) is 28.1 Å². The second-order valence-corrected chi connectivity index (χ2v) is 5.89. The SMILES string of the molecule is C[C@H](N)C(=O)NC1(c2ccc(Br)cc2)CCOCC1. The van der Waals surface area contributed by atoms with Crippen LogP contribution in [0.2, 0.25) is 0 Å². The van der Waals surface area contributed by atoms with E-state index in [2.05, 4.69) is 21.2 Å². The summed E-state index contributed by atoms with van der Waals surface area (Å²) >= 11 is 3.43. The number of carbonyl (C=O) groups is 1. The molecule has 5 heteroatoms. The van der Waals surface area contributed by atoms with E-state index < -0.39 is 6.04 Å². The van der Waals surface area contributed by atoms with E-state index in [9.17, 15) is 4.79 Å². The zero-order valence-corrected chi connectivity index (χ0v) is 12.6. The Morgan fingerprint density at radius 3 is 2.47 bits per heavy atom. The predicted octanol–water partition coefficient (Wildman–Crippen LogP) is 1.92. The highest BCUT2D eigenvalue weighted by atomic mass is 79.9. The van der Waals surface area contributed by atoms with Crippen molar-refractivity contribution in [3.63, 3.8) is 0 Å². The lowest BCUT2D eigenvalue weighted by Gasteiger charge is -2.39. The lowest BCUT2D eigenvalue weighted by atomic mass is 9.82. The first-order valence-corrected chi connectivity index (χ1v) is 7.24. The van der Waals surface area contributed by atoms with Crippen LogP contribution in [-0.4, -0.2) is 25.2 Å². The van der Waals surface area contributed by atoms with Crippen LogP contribution < -0.4 is 11.1 Å². The van der Waals surface area contributed by atoms with Gasteiger partial charge in [0.25, 0.3) is 0 Å². The molecule has 19 heavy (non-hydrogen) atoms. The van der Waals surface area contributed by atoms with Gasteiger partial charge in [-0.25, -0.2) is 0 Å². The minimum atomic E-state index is -0.504. The molecule has 4 nitrogen and oxygen atoms in total. The van der Waals surface area contributed by atoms with Crippen LogP contribution in [0.5, 0.6) is 0 Å². The normalized spacial score (nSPS) is 19.7. The van der Waals surface area contributed by atoms with E-state index in [1.165, 1.54) is 0 Å². The molecule has 1 fully saturated rings. The van der Waals surface area contributed by atoms with Crippen LogP contribution >= 0.6 is 15.9 Å². The summed E-state index contributed by atoms with van der Waals surface area (Å²) in [5.41, 5.74) is 6.41. The maximum absolute atomic E-state index is 12.0. The minimum Gasteiger partial charge on any atom is -0.381 e. The van der Waals surface area contributed by atoms with Crippen LogP contribution in [0.3, 0.4) is 0 Å². The Kier molecular flexibility index (Phi) is 4.60. The Bertz CT molecular complexity index is 439. The number of benzene rings is 1. The number of nitrogens with one attached hydrogen (secondary N) is 1. The maximum atomic E-state index is 12.0. The molecule has 104 valence electrons. The first kappa shape index (κ1) is 14.5.